The van der Waals surface area contributed by atoms with Crippen LogP contribution in [0.3, 0.4) is 0 Å². The smallest absolute Gasteiger partial charge is 0.302 e. The lowest BCUT2D eigenvalue weighted by Crippen LogP contribution is -2.17. The van der Waals surface area contributed by atoms with E-state index in [-0.39, 0.29) is 24.6 Å². The van der Waals surface area contributed by atoms with Crippen molar-refractivity contribution < 1.29 is 14.3 Å². The van der Waals surface area contributed by atoms with Crippen LogP contribution in [-0.4, -0.2) is 20.5 Å². The summed E-state index contributed by atoms with van der Waals surface area (Å²) in [6, 6.07) is 15.7. The lowest BCUT2D eigenvalue weighted by Gasteiger charge is -2.24. The number of carbonyl (C=O) groups excluding carboxylic acids is 1. The molecule has 0 unspecified atom stereocenters. The normalized spacial score (nSPS) is 11.7. The largest absolute Gasteiger partial charge is 0.489 e. The Hall–Kier alpha value is -3.95. The molecule has 0 atom stereocenters. The van der Waals surface area contributed by atoms with Gasteiger partial charge in [-0.1, -0.05) is 33.8 Å². The number of esters is 1. The second-order valence-corrected chi connectivity index (χ2v) is 11.2. The predicted molar refractivity (Wildman–Crippen MR) is 152 cm³/mol. The zero-order valence-electron chi connectivity index (χ0n) is 20.9. The van der Waals surface area contributed by atoms with E-state index in [2.05, 4.69) is 42.6 Å². The molecule has 9 heteroatoms. The van der Waals surface area contributed by atoms with Gasteiger partial charge >= 0.3 is 5.97 Å². The van der Waals surface area contributed by atoms with E-state index in [1.54, 1.807) is 36.5 Å². The number of halogens is 1. The first-order chi connectivity index (χ1) is 18.9. The number of rotatable bonds is 7. The fraction of sp³-hybridized carbons (Fsp3) is 0.133. The Labute approximate surface area is 237 Å². The van der Waals surface area contributed by atoms with Gasteiger partial charge in [0.1, 0.15) is 19.0 Å². The molecule has 6 rings (SSSR count). The maximum absolute atomic E-state index is 13.8. The predicted octanol–water partition coefficient (Wildman–Crippen LogP) is 6.24. The lowest BCUT2D eigenvalue weighted by atomic mass is 10.0. The minimum absolute atomic E-state index is 0.0269. The number of pyridine rings is 3. The minimum Gasteiger partial charge on any atom is -0.489 e. The highest BCUT2D eigenvalue weighted by Gasteiger charge is 2.23. The molecule has 39 heavy (non-hydrogen) atoms. The van der Waals surface area contributed by atoms with E-state index < -0.39 is 0 Å². The molecule has 0 radical (unpaired) electrons. The van der Waals surface area contributed by atoms with Gasteiger partial charge in [0.2, 0.25) is 0 Å². The van der Waals surface area contributed by atoms with Crippen molar-refractivity contribution in [2.75, 3.05) is 0 Å². The Morgan fingerprint density at radius 1 is 0.974 bits per heavy atom. The van der Waals surface area contributed by atoms with Crippen molar-refractivity contribution >= 4 is 44.6 Å². The number of hydrogen-bond donors (Lipinski definition) is 0. The summed E-state index contributed by atoms with van der Waals surface area (Å²) in [5.74, 6) is 0.250. The van der Waals surface area contributed by atoms with Gasteiger partial charge in [0.15, 0.2) is 5.43 Å². The topological polar surface area (TPSA) is 83.3 Å². The van der Waals surface area contributed by atoms with Gasteiger partial charge in [-0.2, -0.15) is 0 Å². The van der Waals surface area contributed by atoms with Crippen molar-refractivity contribution in [3.05, 3.63) is 116 Å². The number of fused-ring (bicyclic) bond motifs is 2. The summed E-state index contributed by atoms with van der Waals surface area (Å²) in [7, 11) is 0. The molecule has 3 aromatic heterocycles. The number of hydrogen-bond acceptors (Lipinski definition) is 7. The lowest BCUT2D eigenvalue weighted by molar-refractivity contribution is -0.142. The van der Waals surface area contributed by atoms with Crippen LogP contribution in [0.25, 0.3) is 16.6 Å². The van der Waals surface area contributed by atoms with Crippen LogP contribution in [0.4, 0.5) is 0 Å². The second-order valence-electron chi connectivity index (χ2n) is 9.19. The zero-order valence-corrected chi connectivity index (χ0v) is 23.3. The van der Waals surface area contributed by atoms with E-state index in [1.165, 1.54) is 6.92 Å². The Bertz CT molecular complexity index is 1790. The van der Waals surface area contributed by atoms with Crippen molar-refractivity contribution in [1.82, 2.24) is 14.5 Å². The summed E-state index contributed by atoms with van der Waals surface area (Å²) >= 11 is 5.22. The van der Waals surface area contributed by atoms with Crippen LogP contribution < -0.4 is 10.2 Å². The van der Waals surface area contributed by atoms with Crippen LogP contribution in [0.2, 0.25) is 0 Å². The molecule has 0 fully saturated rings. The molecule has 0 amide bonds. The average molecular weight is 600 g/mol. The first-order valence-corrected chi connectivity index (χ1v) is 13.8. The van der Waals surface area contributed by atoms with Crippen LogP contribution in [0.15, 0.2) is 98.6 Å². The fourth-order valence-electron chi connectivity index (χ4n) is 4.59. The maximum Gasteiger partial charge on any atom is 0.302 e. The number of nitrogens with zero attached hydrogens (tertiary/aromatic N) is 3. The molecule has 0 N–H and O–H groups in total. The molecule has 1 aliphatic rings. The summed E-state index contributed by atoms with van der Waals surface area (Å²) in [5.41, 5.74) is 5.11. The summed E-state index contributed by atoms with van der Waals surface area (Å²) in [4.78, 5) is 35.4. The van der Waals surface area contributed by atoms with E-state index in [4.69, 9.17) is 9.47 Å². The molecule has 0 saturated carbocycles. The molecule has 1 aliphatic heterocycles. The van der Waals surface area contributed by atoms with Crippen molar-refractivity contribution in [2.45, 2.75) is 36.3 Å². The molecular weight excluding hydrogens is 578 g/mol. The van der Waals surface area contributed by atoms with E-state index in [1.807, 2.05) is 42.6 Å². The summed E-state index contributed by atoms with van der Waals surface area (Å²) < 4.78 is 14.3. The third-order valence-corrected chi connectivity index (χ3v) is 7.92. The standard InChI is InChI=1S/C30H22BrN3O4S/c1-18(35)37-16-20-7-21(14-33-13-20)17-38-24-10-25-29-28(11-24)39-27-5-4-23(31)9-26(27)34(29)15-22(30(25)36)8-19-3-2-6-32-12-19/h2-7,9-15H,8,16-17H2,1H3. The zero-order chi connectivity index (χ0) is 26.9. The van der Waals surface area contributed by atoms with Crippen molar-refractivity contribution in [3.8, 4) is 11.4 Å². The molecule has 2 aromatic carbocycles. The van der Waals surface area contributed by atoms with Crippen LogP contribution in [-0.2, 0) is 29.2 Å². The van der Waals surface area contributed by atoms with Gasteiger partial charge in [-0.3, -0.25) is 19.6 Å². The molecule has 0 bridgehead atoms. The third-order valence-electron chi connectivity index (χ3n) is 6.33. The van der Waals surface area contributed by atoms with Crippen molar-refractivity contribution in [3.63, 3.8) is 0 Å². The minimum atomic E-state index is -0.346. The summed E-state index contributed by atoms with van der Waals surface area (Å²) in [5, 5.41) is 0.601. The summed E-state index contributed by atoms with van der Waals surface area (Å²) in [6.45, 7) is 1.78. The van der Waals surface area contributed by atoms with Crippen molar-refractivity contribution in [2.24, 2.45) is 0 Å². The summed E-state index contributed by atoms with van der Waals surface area (Å²) in [6.07, 6.45) is 9.31. The average Bonchev–Trinajstić information content (AvgIpc) is 2.94. The number of carbonyl (C=O) groups is 1. The van der Waals surface area contributed by atoms with E-state index in [0.29, 0.717) is 23.1 Å². The van der Waals surface area contributed by atoms with Crippen LogP contribution in [0.1, 0.15) is 29.2 Å². The molecule has 0 saturated heterocycles. The van der Waals surface area contributed by atoms with E-state index in [0.717, 1.165) is 42.2 Å². The molecule has 7 nitrogen and oxygen atoms in total. The van der Waals surface area contributed by atoms with E-state index in [9.17, 15) is 9.59 Å². The van der Waals surface area contributed by atoms with Gasteiger partial charge in [0, 0.05) is 75.3 Å². The van der Waals surface area contributed by atoms with Gasteiger partial charge in [0.05, 0.1) is 16.6 Å². The Balaban J connectivity index is 1.40. The van der Waals surface area contributed by atoms with Gasteiger partial charge in [-0.05, 0) is 48.0 Å². The van der Waals surface area contributed by atoms with Crippen LogP contribution in [0, 0.1) is 0 Å². The van der Waals surface area contributed by atoms with Gasteiger partial charge in [-0.15, -0.1) is 0 Å². The van der Waals surface area contributed by atoms with Crippen molar-refractivity contribution in [1.29, 1.82) is 0 Å². The van der Waals surface area contributed by atoms with E-state index >= 15 is 0 Å². The highest BCUT2D eigenvalue weighted by Crippen LogP contribution is 2.44. The molecule has 5 aromatic rings. The highest BCUT2D eigenvalue weighted by molar-refractivity contribution is 9.10. The number of aromatic nitrogens is 3. The number of benzene rings is 2. The highest BCUT2D eigenvalue weighted by atomic mass is 79.9. The molecule has 0 aliphatic carbocycles. The van der Waals surface area contributed by atoms with Gasteiger partial charge < -0.3 is 14.0 Å². The first kappa shape index (κ1) is 25.3. The molecule has 194 valence electrons. The Kier molecular flexibility index (Phi) is 6.93. The third kappa shape index (κ3) is 5.32. The maximum atomic E-state index is 13.8. The van der Waals surface area contributed by atoms with Gasteiger partial charge in [0.25, 0.3) is 0 Å². The second kappa shape index (κ2) is 10.7. The van der Waals surface area contributed by atoms with Gasteiger partial charge in [-0.25, -0.2) is 0 Å². The first-order valence-electron chi connectivity index (χ1n) is 12.2. The monoisotopic (exact) mass is 599 g/mol. The Morgan fingerprint density at radius 3 is 2.59 bits per heavy atom. The molecule has 4 heterocycles. The number of ether oxygens (including phenoxy) is 2. The molecule has 0 spiro atoms. The van der Waals surface area contributed by atoms with Crippen LogP contribution >= 0.6 is 27.7 Å². The Morgan fingerprint density at radius 2 is 1.79 bits per heavy atom. The quantitative estimate of drug-likeness (QED) is 0.201. The van der Waals surface area contributed by atoms with Crippen LogP contribution in [0.5, 0.6) is 5.75 Å². The fourth-order valence-corrected chi connectivity index (χ4v) is 6.05. The SMILES string of the molecule is CC(=O)OCc1cncc(COc2cc3c4c(c2)c(=O)c(Cc2cccnc2)cn4-c2cc(Br)ccc2S3)c1. The molecular formula is C30H22BrN3O4S.